The lowest BCUT2D eigenvalue weighted by Crippen LogP contribution is -2.48. The minimum Gasteiger partial charge on any atom is -0.356 e. The first kappa shape index (κ1) is 25.1. The molecule has 2 aliphatic rings. The van der Waals surface area contributed by atoms with Crippen molar-refractivity contribution in [2.45, 2.75) is 39.3 Å². The van der Waals surface area contributed by atoms with Gasteiger partial charge in [0.1, 0.15) is 17.5 Å². The van der Waals surface area contributed by atoms with Crippen molar-refractivity contribution in [3.8, 4) is 0 Å². The molecule has 5 rings (SSSR count). The predicted molar refractivity (Wildman–Crippen MR) is 141 cm³/mol. The molecule has 196 valence electrons. The van der Waals surface area contributed by atoms with Gasteiger partial charge in [0.2, 0.25) is 5.95 Å². The topological polar surface area (TPSA) is 60.4 Å². The zero-order chi connectivity index (χ0) is 26.0. The second kappa shape index (κ2) is 10.4. The van der Waals surface area contributed by atoms with Gasteiger partial charge >= 0.3 is 6.18 Å². The average molecular weight is 512 g/mol. The lowest BCUT2D eigenvalue weighted by atomic mass is 10.1. The molecule has 1 aromatic carbocycles. The summed E-state index contributed by atoms with van der Waals surface area (Å²) < 4.78 is 40.6. The van der Waals surface area contributed by atoms with E-state index in [9.17, 15) is 13.2 Å². The molecule has 2 aliphatic heterocycles. The number of pyridine rings is 1. The van der Waals surface area contributed by atoms with Crippen LogP contribution in [0.15, 0.2) is 42.6 Å². The molecule has 2 saturated heterocycles. The standard InChI is InChI=1S/C27H32F3N7/c1-19-8-9-20(2)22(17-19)32-23-18-24(35-11-4-3-5-12-35)34-26(33-23)37-15-13-36(14-16-37)25-21(27(28,29)30)7-6-10-31-25/h6-10,17-18H,3-5,11-16H2,1-2H3,(H,32,33,34). The summed E-state index contributed by atoms with van der Waals surface area (Å²) in [6, 6.07) is 10.7. The Morgan fingerprint density at radius 2 is 1.54 bits per heavy atom. The highest BCUT2D eigenvalue weighted by atomic mass is 19.4. The third-order valence-electron chi connectivity index (χ3n) is 6.99. The van der Waals surface area contributed by atoms with Crippen LogP contribution in [0.5, 0.6) is 0 Å². The van der Waals surface area contributed by atoms with Gasteiger partial charge in [-0.15, -0.1) is 0 Å². The number of halogens is 3. The molecule has 0 saturated carbocycles. The minimum absolute atomic E-state index is 0.0186. The Morgan fingerprint density at radius 1 is 0.811 bits per heavy atom. The number of nitrogens with one attached hydrogen (secondary N) is 1. The van der Waals surface area contributed by atoms with Gasteiger partial charge in [-0.2, -0.15) is 23.1 Å². The normalized spacial score (nSPS) is 16.7. The minimum atomic E-state index is -4.44. The second-order valence-electron chi connectivity index (χ2n) is 9.75. The monoisotopic (exact) mass is 511 g/mol. The van der Waals surface area contributed by atoms with E-state index in [0.717, 1.165) is 54.6 Å². The summed E-state index contributed by atoms with van der Waals surface area (Å²) in [5.74, 6) is 2.16. The summed E-state index contributed by atoms with van der Waals surface area (Å²) in [4.78, 5) is 19.8. The highest BCUT2D eigenvalue weighted by molar-refractivity contribution is 5.65. The Balaban J connectivity index is 1.40. The van der Waals surface area contributed by atoms with Gasteiger partial charge in [-0.05, 0) is 62.4 Å². The third kappa shape index (κ3) is 5.73. The van der Waals surface area contributed by atoms with Gasteiger partial charge in [-0.3, -0.25) is 0 Å². The zero-order valence-electron chi connectivity index (χ0n) is 21.2. The molecule has 0 atom stereocenters. The predicted octanol–water partition coefficient (Wildman–Crippen LogP) is 5.57. The lowest BCUT2D eigenvalue weighted by molar-refractivity contribution is -0.137. The van der Waals surface area contributed by atoms with Gasteiger partial charge in [0, 0.05) is 57.2 Å². The molecule has 0 bridgehead atoms. The van der Waals surface area contributed by atoms with E-state index in [1.807, 2.05) is 6.07 Å². The lowest BCUT2D eigenvalue weighted by Gasteiger charge is -2.37. The Labute approximate surface area is 215 Å². The number of benzene rings is 1. The summed E-state index contributed by atoms with van der Waals surface area (Å²) in [7, 11) is 0. The molecule has 37 heavy (non-hydrogen) atoms. The fourth-order valence-corrected chi connectivity index (χ4v) is 4.91. The van der Waals surface area contributed by atoms with Crippen molar-refractivity contribution in [3.05, 3.63) is 59.3 Å². The average Bonchev–Trinajstić information content (AvgIpc) is 2.91. The molecule has 0 amide bonds. The first-order chi connectivity index (χ1) is 17.8. The van der Waals surface area contributed by atoms with Crippen LogP contribution in [0.3, 0.4) is 0 Å². The number of hydrogen-bond acceptors (Lipinski definition) is 7. The van der Waals surface area contributed by atoms with Crippen molar-refractivity contribution in [2.24, 2.45) is 0 Å². The van der Waals surface area contributed by atoms with E-state index in [4.69, 9.17) is 9.97 Å². The van der Waals surface area contributed by atoms with Crippen LogP contribution in [0.1, 0.15) is 36.0 Å². The number of piperidine rings is 1. The summed E-state index contributed by atoms with van der Waals surface area (Å²) in [5, 5.41) is 3.48. The Hall–Kier alpha value is -3.56. The first-order valence-corrected chi connectivity index (χ1v) is 12.8. The summed E-state index contributed by atoms with van der Waals surface area (Å²) in [5.41, 5.74) is 2.57. The van der Waals surface area contributed by atoms with Crippen LogP contribution in [0, 0.1) is 13.8 Å². The fourth-order valence-electron chi connectivity index (χ4n) is 4.91. The molecule has 0 spiro atoms. The zero-order valence-corrected chi connectivity index (χ0v) is 21.2. The van der Waals surface area contributed by atoms with Crippen LogP contribution in [-0.4, -0.2) is 54.2 Å². The van der Waals surface area contributed by atoms with Gasteiger partial charge in [0.15, 0.2) is 0 Å². The molecule has 10 heteroatoms. The number of rotatable bonds is 5. The smallest absolute Gasteiger partial charge is 0.356 e. The number of alkyl halides is 3. The number of aryl methyl sites for hydroxylation is 2. The maximum Gasteiger partial charge on any atom is 0.419 e. The highest BCUT2D eigenvalue weighted by Crippen LogP contribution is 2.36. The Bertz CT molecular complexity index is 1230. The van der Waals surface area contributed by atoms with Crippen molar-refractivity contribution in [1.29, 1.82) is 0 Å². The van der Waals surface area contributed by atoms with Crippen molar-refractivity contribution < 1.29 is 13.2 Å². The molecule has 2 fully saturated rings. The molecule has 2 aromatic heterocycles. The van der Waals surface area contributed by atoms with Crippen molar-refractivity contribution in [2.75, 3.05) is 59.3 Å². The number of hydrogen-bond donors (Lipinski definition) is 1. The van der Waals surface area contributed by atoms with Gasteiger partial charge in [-0.25, -0.2) is 4.98 Å². The molecular formula is C27H32F3N7. The van der Waals surface area contributed by atoms with E-state index in [1.54, 1.807) is 4.90 Å². The fraction of sp³-hybridized carbons (Fsp3) is 0.444. The Morgan fingerprint density at radius 3 is 2.27 bits per heavy atom. The van der Waals surface area contributed by atoms with Crippen LogP contribution < -0.4 is 20.0 Å². The number of piperazine rings is 1. The van der Waals surface area contributed by atoms with Crippen LogP contribution in [0.25, 0.3) is 0 Å². The molecular weight excluding hydrogens is 479 g/mol. The number of aromatic nitrogens is 3. The number of nitrogens with zero attached hydrogens (tertiary/aromatic N) is 6. The van der Waals surface area contributed by atoms with Crippen molar-refractivity contribution >= 4 is 29.1 Å². The maximum absolute atomic E-state index is 13.5. The van der Waals surface area contributed by atoms with Crippen LogP contribution in [0.4, 0.5) is 42.3 Å². The van der Waals surface area contributed by atoms with Crippen LogP contribution >= 0.6 is 0 Å². The van der Waals surface area contributed by atoms with E-state index >= 15 is 0 Å². The number of anilines is 5. The summed E-state index contributed by atoms with van der Waals surface area (Å²) in [6.45, 7) is 7.82. The SMILES string of the molecule is Cc1ccc(C)c(Nc2cc(N3CCCCC3)nc(N3CCN(c4ncccc4C(F)(F)F)CC3)n2)c1. The van der Waals surface area contributed by atoms with Crippen molar-refractivity contribution in [3.63, 3.8) is 0 Å². The molecule has 3 aromatic rings. The first-order valence-electron chi connectivity index (χ1n) is 12.8. The van der Waals surface area contributed by atoms with Crippen molar-refractivity contribution in [1.82, 2.24) is 15.0 Å². The van der Waals surface area contributed by atoms with E-state index in [2.05, 4.69) is 52.1 Å². The van der Waals surface area contributed by atoms with E-state index in [0.29, 0.717) is 37.9 Å². The van der Waals surface area contributed by atoms with Crippen LogP contribution in [0.2, 0.25) is 0 Å². The molecule has 0 radical (unpaired) electrons. The molecule has 0 aliphatic carbocycles. The molecule has 4 heterocycles. The Kier molecular flexibility index (Phi) is 7.08. The maximum atomic E-state index is 13.5. The van der Waals surface area contributed by atoms with E-state index in [1.165, 1.54) is 18.7 Å². The highest BCUT2D eigenvalue weighted by Gasteiger charge is 2.36. The summed E-state index contributed by atoms with van der Waals surface area (Å²) >= 11 is 0. The van der Waals surface area contributed by atoms with Gasteiger partial charge < -0.3 is 20.0 Å². The molecule has 7 nitrogen and oxygen atoms in total. The molecule has 1 N–H and O–H groups in total. The van der Waals surface area contributed by atoms with Crippen LogP contribution in [-0.2, 0) is 6.18 Å². The third-order valence-corrected chi connectivity index (χ3v) is 6.99. The quantitative estimate of drug-likeness (QED) is 0.481. The van der Waals surface area contributed by atoms with Gasteiger partial charge in [0.25, 0.3) is 0 Å². The van der Waals surface area contributed by atoms with E-state index in [-0.39, 0.29) is 5.82 Å². The van der Waals surface area contributed by atoms with E-state index < -0.39 is 11.7 Å². The van der Waals surface area contributed by atoms with Gasteiger partial charge in [0.05, 0.1) is 5.56 Å². The largest absolute Gasteiger partial charge is 0.419 e. The second-order valence-corrected chi connectivity index (χ2v) is 9.75. The summed E-state index contributed by atoms with van der Waals surface area (Å²) in [6.07, 6.45) is 0.443. The molecule has 0 unspecified atom stereocenters. The van der Waals surface area contributed by atoms with Gasteiger partial charge in [-0.1, -0.05) is 12.1 Å².